The standard InChI is InChI=1S/C35H40O10/c1-21(36)41-25-19-20-33(5,40)35-29(42-22(2)37)27(32(3,4)45-35)28(43-26(38)18-17-23-13-9-7-10-14-23)30(34(25,35)6)44-31(39)24-15-11-8-12-16-24/h7-18,25,27-30,40H,19-20H2,1-6H3/b18-17-/t25-,27+,28-,29+,30-,33-,34-,35-/m0/s1. The first-order valence-electron chi connectivity index (χ1n) is 15.1. The van der Waals surface area contributed by atoms with Gasteiger partial charge in [0.05, 0.1) is 28.1 Å². The summed E-state index contributed by atoms with van der Waals surface area (Å²) < 4.78 is 31.2. The molecule has 3 fully saturated rings. The second-order valence-corrected chi connectivity index (χ2v) is 13.0. The number of carbonyl (C=O) groups excluding carboxylic acids is 4. The number of esters is 4. The van der Waals surface area contributed by atoms with Crippen molar-refractivity contribution in [2.75, 3.05) is 0 Å². The lowest BCUT2D eigenvalue weighted by Crippen LogP contribution is -2.81. The zero-order chi connectivity index (χ0) is 32.8. The zero-order valence-electron chi connectivity index (χ0n) is 26.4. The van der Waals surface area contributed by atoms with E-state index in [0.717, 1.165) is 5.56 Å². The summed E-state index contributed by atoms with van der Waals surface area (Å²) in [4.78, 5) is 52.4. The molecule has 2 aliphatic carbocycles. The third-order valence-corrected chi connectivity index (χ3v) is 9.67. The lowest BCUT2D eigenvalue weighted by atomic mass is 9.47. The Labute approximate surface area is 262 Å². The van der Waals surface area contributed by atoms with E-state index in [0.29, 0.717) is 0 Å². The molecule has 10 heteroatoms. The Balaban J connectivity index is 1.71. The van der Waals surface area contributed by atoms with Crippen LogP contribution < -0.4 is 0 Å². The van der Waals surface area contributed by atoms with Gasteiger partial charge in [-0.1, -0.05) is 48.5 Å². The minimum Gasteiger partial charge on any atom is -0.462 e. The highest BCUT2D eigenvalue weighted by Crippen LogP contribution is 2.69. The van der Waals surface area contributed by atoms with E-state index in [1.807, 2.05) is 30.3 Å². The van der Waals surface area contributed by atoms with Crippen molar-refractivity contribution in [3.63, 3.8) is 0 Å². The van der Waals surface area contributed by atoms with E-state index in [1.165, 1.54) is 19.9 Å². The number of fused-ring (bicyclic) bond motifs is 1. The molecule has 1 spiro atoms. The molecule has 3 aliphatic rings. The van der Waals surface area contributed by atoms with Crippen LogP contribution in [-0.4, -0.2) is 70.2 Å². The molecule has 2 saturated carbocycles. The molecular formula is C35H40O10. The van der Waals surface area contributed by atoms with Crippen molar-refractivity contribution in [1.82, 2.24) is 0 Å². The van der Waals surface area contributed by atoms with E-state index in [9.17, 15) is 24.3 Å². The first-order chi connectivity index (χ1) is 21.1. The van der Waals surface area contributed by atoms with E-state index in [4.69, 9.17) is 23.7 Å². The minimum atomic E-state index is -1.75. The van der Waals surface area contributed by atoms with Gasteiger partial charge in [0.1, 0.15) is 23.9 Å². The number of rotatable bonds is 7. The molecule has 0 unspecified atom stereocenters. The van der Waals surface area contributed by atoms with Gasteiger partial charge in [0.15, 0.2) is 6.10 Å². The lowest BCUT2D eigenvalue weighted by molar-refractivity contribution is -0.336. The van der Waals surface area contributed by atoms with Gasteiger partial charge < -0.3 is 28.8 Å². The molecule has 1 aliphatic heterocycles. The van der Waals surface area contributed by atoms with E-state index in [-0.39, 0.29) is 18.4 Å². The maximum absolute atomic E-state index is 13.7. The van der Waals surface area contributed by atoms with Crippen LogP contribution in [0.1, 0.15) is 70.3 Å². The molecule has 10 nitrogen and oxygen atoms in total. The fourth-order valence-electron chi connectivity index (χ4n) is 7.90. The number of carbonyl (C=O) groups is 4. The zero-order valence-corrected chi connectivity index (χ0v) is 26.4. The highest BCUT2D eigenvalue weighted by Gasteiger charge is 2.85. The van der Waals surface area contributed by atoms with Gasteiger partial charge in [0.25, 0.3) is 0 Å². The molecule has 1 heterocycles. The second kappa shape index (κ2) is 11.7. The van der Waals surface area contributed by atoms with Crippen molar-refractivity contribution in [2.45, 2.75) is 95.6 Å². The van der Waals surface area contributed by atoms with Gasteiger partial charge in [-0.3, -0.25) is 9.59 Å². The summed E-state index contributed by atoms with van der Waals surface area (Å²) in [6, 6.07) is 17.5. The van der Waals surface area contributed by atoms with E-state index < -0.39 is 76.4 Å². The van der Waals surface area contributed by atoms with Crippen LogP contribution in [-0.2, 0) is 38.1 Å². The van der Waals surface area contributed by atoms with Crippen LogP contribution in [0.5, 0.6) is 0 Å². The topological polar surface area (TPSA) is 135 Å². The summed E-state index contributed by atoms with van der Waals surface area (Å²) in [6.45, 7) is 9.25. The number of benzene rings is 2. The van der Waals surface area contributed by atoms with Crippen LogP contribution in [0.25, 0.3) is 6.08 Å². The van der Waals surface area contributed by atoms with E-state index in [1.54, 1.807) is 64.1 Å². The van der Waals surface area contributed by atoms with Crippen molar-refractivity contribution in [1.29, 1.82) is 0 Å². The maximum Gasteiger partial charge on any atom is 0.338 e. The number of hydrogen-bond acceptors (Lipinski definition) is 10. The van der Waals surface area contributed by atoms with Gasteiger partial charge in [-0.15, -0.1) is 0 Å². The van der Waals surface area contributed by atoms with Gasteiger partial charge in [0, 0.05) is 19.9 Å². The SMILES string of the molecule is CC(=O)O[C@H]1CC[C@](C)(O)[C@]23OC(C)(C)[C@H]([C@H](OC(=O)/C=C\c4ccccc4)[C@H](OC(=O)c4ccccc4)[C@]12C)[C@H]3OC(C)=O. The van der Waals surface area contributed by atoms with Gasteiger partial charge in [-0.2, -0.15) is 0 Å². The van der Waals surface area contributed by atoms with Crippen LogP contribution in [0.3, 0.4) is 0 Å². The first kappa shape index (κ1) is 32.4. The van der Waals surface area contributed by atoms with Crippen LogP contribution in [0.4, 0.5) is 0 Å². The van der Waals surface area contributed by atoms with Gasteiger partial charge in [0.2, 0.25) is 0 Å². The van der Waals surface area contributed by atoms with Crippen molar-refractivity contribution < 1.29 is 48.0 Å². The molecule has 0 radical (unpaired) electrons. The third-order valence-electron chi connectivity index (χ3n) is 9.67. The number of hydrogen-bond donors (Lipinski definition) is 1. The molecule has 1 saturated heterocycles. The van der Waals surface area contributed by atoms with Crippen LogP contribution in [0, 0.1) is 11.3 Å². The number of ether oxygens (including phenoxy) is 5. The van der Waals surface area contributed by atoms with Crippen LogP contribution in [0.15, 0.2) is 66.7 Å². The second-order valence-electron chi connectivity index (χ2n) is 13.0. The Kier molecular flexibility index (Phi) is 8.44. The summed E-state index contributed by atoms with van der Waals surface area (Å²) in [5, 5.41) is 12.2. The summed E-state index contributed by atoms with van der Waals surface area (Å²) >= 11 is 0. The Bertz CT molecular complexity index is 1480. The lowest BCUT2D eigenvalue weighted by Gasteiger charge is -2.65. The molecule has 8 atom stereocenters. The average molecular weight is 621 g/mol. The normalized spacial score (nSPS) is 34.8. The molecule has 0 amide bonds. The highest BCUT2D eigenvalue weighted by atomic mass is 16.6. The predicted octanol–water partition coefficient (Wildman–Crippen LogP) is 4.43. The van der Waals surface area contributed by atoms with E-state index >= 15 is 0 Å². The third kappa shape index (κ3) is 5.44. The Morgan fingerprint density at radius 3 is 2.02 bits per heavy atom. The quantitative estimate of drug-likeness (QED) is 0.269. The largest absolute Gasteiger partial charge is 0.462 e. The summed E-state index contributed by atoms with van der Waals surface area (Å²) in [5.41, 5.74) is -5.18. The highest BCUT2D eigenvalue weighted by molar-refractivity contribution is 5.90. The van der Waals surface area contributed by atoms with Crippen molar-refractivity contribution >= 4 is 30.0 Å². The van der Waals surface area contributed by atoms with Crippen molar-refractivity contribution in [2.24, 2.45) is 11.3 Å². The Morgan fingerprint density at radius 1 is 0.822 bits per heavy atom. The molecule has 0 aromatic heterocycles. The van der Waals surface area contributed by atoms with E-state index in [2.05, 4.69) is 0 Å². The van der Waals surface area contributed by atoms with Gasteiger partial charge in [-0.05, 0) is 64.3 Å². The fourth-order valence-corrected chi connectivity index (χ4v) is 7.90. The van der Waals surface area contributed by atoms with Crippen molar-refractivity contribution in [3.8, 4) is 0 Å². The fraction of sp³-hybridized carbons (Fsp3) is 0.486. The van der Waals surface area contributed by atoms with Crippen molar-refractivity contribution in [3.05, 3.63) is 77.9 Å². The molecule has 240 valence electrons. The van der Waals surface area contributed by atoms with Gasteiger partial charge >= 0.3 is 23.9 Å². The molecule has 2 aromatic rings. The predicted molar refractivity (Wildman–Crippen MR) is 161 cm³/mol. The smallest absolute Gasteiger partial charge is 0.338 e. The Hall–Kier alpha value is -4.02. The molecular weight excluding hydrogens is 580 g/mol. The average Bonchev–Trinajstić information content (AvgIpc) is 3.18. The molecule has 2 bridgehead atoms. The van der Waals surface area contributed by atoms with Gasteiger partial charge in [-0.25, -0.2) is 9.59 Å². The summed E-state index contributed by atoms with van der Waals surface area (Å²) in [5.74, 6) is -3.61. The minimum absolute atomic E-state index is 0.116. The molecule has 2 aromatic carbocycles. The van der Waals surface area contributed by atoms with Crippen LogP contribution >= 0.6 is 0 Å². The monoisotopic (exact) mass is 620 g/mol. The summed E-state index contributed by atoms with van der Waals surface area (Å²) in [7, 11) is 0. The molecule has 1 N–H and O–H groups in total. The summed E-state index contributed by atoms with van der Waals surface area (Å²) in [6.07, 6.45) is -1.59. The molecule has 45 heavy (non-hydrogen) atoms. The maximum atomic E-state index is 13.7. The Morgan fingerprint density at radius 2 is 1.42 bits per heavy atom. The first-order valence-corrected chi connectivity index (χ1v) is 15.1. The molecule has 5 rings (SSSR count). The van der Waals surface area contributed by atoms with Crippen LogP contribution in [0.2, 0.25) is 0 Å². The number of aliphatic hydroxyl groups is 1.